The van der Waals surface area contributed by atoms with E-state index >= 15 is 0 Å². The van der Waals surface area contributed by atoms with Crippen LogP contribution in [0.25, 0.3) is 0 Å². The number of non-ortho nitro benzene ring substituents is 1. The Morgan fingerprint density at radius 1 is 1.57 bits per heavy atom. The van der Waals surface area contributed by atoms with E-state index in [9.17, 15) is 24.5 Å². The lowest BCUT2D eigenvalue weighted by Gasteiger charge is -2.11. The van der Waals surface area contributed by atoms with Gasteiger partial charge < -0.3 is 9.57 Å². The summed E-state index contributed by atoms with van der Waals surface area (Å²) in [4.78, 5) is 25.9. The minimum atomic E-state index is -2.12. The molecule has 0 bridgehead atoms. The molecule has 2 rings (SSSR count). The Kier molecular flexibility index (Phi) is 4.01. The SMILES string of the molecule is CCOC(=O)C1=[N+]([O-])OC(F)C1c1cccc([N+](=O)[O-])c1. The first-order valence-electron chi connectivity index (χ1n) is 6.02. The highest BCUT2D eigenvalue weighted by molar-refractivity contribution is 6.36. The molecule has 0 saturated carbocycles. The number of esters is 1. The fourth-order valence-corrected chi connectivity index (χ4v) is 1.99. The number of ether oxygens (including phenoxy) is 1. The lowest BCUT2D eigenvalue weighted by atomic mass is 9.94. The van der Waals surface area contributed by atoms with Gasteiger partial charge in [-0.25, -0.2) is 9.18 Å². The van der Waals surface area contributed by atoms with Crippen molar-refractivity contribution in [2.45, 2.75) is 19.2 Å². The molecule has 0 radical (unpaired) electrons. The molecule has 2 unspecified atom stereocenters. The number of alkyl halides is 1. The molecule has 1 aromatic carbocycles. The molecule has 9 heteroatoms. The summed E-state index contributed by atoms with van der Waals surface area (Å²) < 4.78 is 18.5. The standard InChI is InChI=1S/C12H11FN2O6/c1-2-20-12(16)10-9(11(13)21-15(10)19)7-4-3-5-8(6-7)14(17)18/h3-6,9,11H,2H2,1H3. The molecule has 2 atom stereocenters. The van der Waals surface area contributed by atoms with E-state index in [0.717, 1.165) is 6.07 Å². The van der Waals surface area contributed by atoms with E-state index in [-0.39, 0.29) is 22.8 Å². The predicted molar refractivity (Wildman–Crippen MR) is 67.1 cm³/mol. The second-order valence-electron chi connectivity index (χ2n) is 4.15. The molecule has 1 aromatic rings. The van der Waals surface area contributed by atoms with Crippen molar-refractivity contribution in [3.05, 3.63) is 45.2 Å². The van der Waals surface area contributed by atoms with Crippen LogP contribution in [0.5, 0.6) is 0 Å². The fourth-order valence-electron chi connectivity index (χ4n) is 1.99. The third kappa shape index (κ3) is 2.76. The number of halogens is 1. The molecule has 0 aliphatic carbocycles. The summed E-state index contributed by atoms with van der Waals surface area (Å²) in [6.07, 6.45) is -2.12. The molecule has 0 amide bonds. The van der Waals surface area contributed by atoms with Gasteiger partial charge in [0.25, 0.3) is 5.69 Å². The molecule has 0 saturated heterocycles. The van der Waals surface area contributed by atoms with E-state index in [1.54, 1.807) is 0 Å². The number of nitro groups is 1. The topological polar surface area (TPSA) is 105 Å². The highest BCUT2D eigenvalue weighted by atomic mass is 19.1. The van der Waals surface area contributed by atoms with Crippen molar-refractivity contribution in [1.29, 1.82) is 0 Å². The average Bonchev–Trinajstić information content (AvgIpc) is 2.73. The highest BCUT2D eigenvalue weighted by Crippen LogP contribution is 2.32. The Bertz CT molecular complexity index is 618. The van der Waals surface area contributed by atoms with Crippen LogP contribution in [0.4, 0.5) is 10.1 Å². The Balaban J connectivity index is 2.43. The molecule has 0 N–H and O–H groups in total. The van der Waals surface area contributed by atoms with Crippen molar-refractivity contribution in [3.63, 3.8) is 0 Å². The molecule has 0 fully saturated rings. The number of carbonyl (C=O) groups excluding carboxylic acids is 1. The van der Waals surface area contributed by atoms with Gasteiger partial charge in [-0.3, -0.25) is 15.3 Å². The van der Waals surface area contributed by atoms with Crippen molar-refractivity contribution >= 4 is 17.4 Å². The van der Waals surface area contributed by atoms with E-state index in [0.29, 0.717) is 0 Å². The third-order valence-electron chi connectivity index (χ3n) is 2.87. The lowest BCUT2D eigenvalue weighted by Crippen LogP contribution is -2.28. The Morgan fingerprint density at radius 2 is 2.29 bits per heavy atom. The summed E-state index contributed by atoms with van der Waals surface area (Å²) in [6, 6.07) is 4.99. The van der Waals surface area contributed by atoms with Crippen molar-refractivity contribution in [2.24, 2.45) is 0 Å². The quantitative estimate of drug-likeness (QED) is 0.360. The van der Waals surface area contributed by atoms with Crippen molar-refractivity contribution in [2.75, 3.05) is 6.61 Å². The van der Waals surface area contributed by atoms with Crippen LogP contribution in [-0.2, 0) is 14.4 Å². The number of benzene rings is 1. The maximum atomic E-state index is 13.8. The maximum Gasteiger partial charge on any atom is 0.406 e. The third-order valence-corrected chi connectivity index (χ3v) is 2.87. The van der Waals surface area contributed by atoms with Gasteiger partial charge in [0.2, 0.25) is 6.36 Å². The maximum absolute atomic E-state index is 13.8. The number of rotatable bonds is 4. The molecular formula is C12H11FN2O6. The molecule has 1 aliphatic heterocycles. The number of nitro benzene ring substituents is 1. The van der Waals surface area contributed by atoms with Gasteiger partial charge in [0.1, 0.15) is 5.92 Å². The van der Waals surface area contributed by atoms with Gasteiger partial charge in [-0.15, -0.1) is 0 Å². The Hall–Kier alpha value is -2.71. The average molecular weight is 298 g/mol. The summed E-state index contributed by atoms with van der Waals surface area (Å²) in [5.41, 5.74) is -0.782. The van der Waals surface area contributed by atoms with Gasteiger partial charge in [0.15, 0.2) is 0 Å². The van der Waals surface area contributed by atoms with Crippen LogP contribution >= 0.6 is 0 Å². The molecule has 0 spiro atoms. The summed E-state index contributed by atoms with van der Waals surface area (Å²) in [5, 5.41) is 22.2. The summed E-state index contributed by atoms with van der Waals surface area (Å²) in [7, 11) is 0. The van der Waals surface area contributed by atoms with E-state index in [4.69, 9.17) is 0 Å². The summed E-state index contributed by atoms with van der Waals surface area (Å²) >= 11 is 0. The van der Waals surface area contributed by atoms with E-state index in [1.807, 2.05) is 0 Å². The van der Waals surface area contributed by atoms with Gasteiger partial charge in [-0.2, -0.15) is 0 Å². The Labute approximate surface area is 118 Å². The molecule has 112 valence electrons. The van der Waals surface area contributed by atoms with Gasteiger partial charge in [-0.05, 0) is 12.5 Å². The smallest absolute Gasteiger partial charge is 0.406 e. The molecule has 1 heterocycles. The van der Waals surface area contributed by atoms with Gasteiger partial charge >= 0.3 is 11.7 Å². The van der Waals surface area contributed by atoms with Crippen LogP contribution in [0.3, 0.4) is 0 Å². The fraction of sp³-hybridized carbons (Fsp3) is 0.333. The van der Waals surface area contributed by atoms with Crippen molar-refractivity contribution in [3.8, 4) is 0 Å². The predicted octanol–water partition coefficient (Wildman–Crippen LogP) is 1.43. The van der Waals surface area contributed by atoms with E-state index < -0.39 is 28.9 Å². The molecule has 8 nitrogen and oxygen atoms in total. The van der Waals surface area contributed by atoms with Crippen LogP contribution < -0.4 is 0 Å². The largest absolute Gasteiger partial charge is 0.458 e. The minimum absolute atomic E-state index is 0.00518. The van der Waals surface area contributed by atoms with Crippen molar-refractivity contribution in [1.82, 2.24) is 0 Å². The first kappa shape index (κ1) is 14.7. The van der Waals surface area contributed by atoms with Crippen LogP contribution in [-0.4, -0.2) is 34.5 Å². The zero-order valence-electron chi connectivity index (χ0n) is 10.9. The minimum Gasteiger partial charge on any atom is -0.458 e. The molecule has 0 aromatic heterocycles. The lowest BCUT2D eigenvalue weighted by molar-refractivity contribution is -0.747. The first-order valence-corrected chi connectivity index (χ1v) is 6.02. The van der Waals surface area contributed by atoms with Crippen LogP contribution in [0.1, 0.15) is 18.4 Å². The number of hydrogen-bond donors (Lipinski definition) is 0. The van der Waals surface area contributed by atoms with Crippen molar-refractivity contribution < 1.29 is 28.6 Å². The number of hydrogen-bond acceptors (Lipinski definition) is 6. The Morgan fingerprint density at radius 3 is 2.90 bits per heavy atom. The monoisotopic (exact) mass is 298 g/mol. The van der Waals surface area contributed by atoms with E-state index in [2.05, 4.69) is 9.57 Å². The van der Waals surface area contributed by atoms with Gasteiger partial charge in [-0.1, -0.05) is 12.1 Å². The molecular weight excluding hydrogens is 287 g/mol. The first-order chi connectivity index (χ1) is 9.95. The highest BCUT2D eigenvalue weighted by Gasteiger charge is 2.47. The number of carbonyl (C=O) groups is 1. The summed E-state index contributed by atoms with van der Waals surface area (Å²) in [5.74, 6) is -2.40. The van der Waals surface area contributed by atoms with E-state index in [1.165, 1.54) is 25.1 Å². The van der Waals surface area contributed by atoms with Crippen LogP contribution in [0.15, 0.2) is 24.3 Å². The normalized spacial score (nSPS) is 21.0. The summed E-state index contributed by atoms with van der Waals surface area (Å²) in [6.45, 7) is 1.52. The zero-order valence-corrected chi connectivity index (χ0v) is 10.9. The molecule has 21 heavy (non-hydrogen) atoms. The second kappa shape index (κ2) is 5.73. The van der Waals surface area contributed by atoms with Crippen LogP contribution in [0, 0.1) is 15.3 Å². The van der Waals surface area contributed by atoms with Gasteiger partial charge in [0, 0.05) is 12.1 Å². The number of nitrogens with zero attached hydrogens (tertiary/aromatic N) is 2. The van der Waals surface area contributed by atoms with Crippen LogP contribution in [0.2, 0.25) is 0 Å². The zero-order chi connectivity index (χ0) is 15.6. The second-order valence-corrected chi connectivity index (χ2v) is 4.15. The van der Waals surface area contributed by atoms with Gasteiger partial charge in [0.05, 0.1) is 16.4 Å². The molecule has 1 aliphatic rings.